The quantitative estimate of drug-likeness (QED) is 0.250. The molecule has 41 heavy (non-hydrogen) atoms. The predicted molar refractivity (Wildman–Crippen MR) is 155 cm³/mol. The van der Waals surface area contributed by atoms with E-state index in [0.717, 1.165) is 24.0 Å². The van der Waals surface area contributed by atoms with Crippen LogP contribution < -0.4 is 20.7 Å². The van der Waals surface area contributed by atoms with Crippen molar-refractivity contribution in [3.8, 4) is 5.75 Å². The number of nitrogens with one attached hydrogen (secondary N) is 3. The molecule has 3 N–H and O–H groups in total. The fraction of sp³-hybridized carbons (Fsp3) is 0.500. The molecule has 4 rings (SSSR count). The maximum atomic E-state index is 13.8. The maximum absolute atomic E-state index is 13.8. The van der Waals surface area contributed by atoms with Gasteiger partial charge in [0.1, 0.15) is 23.9 Å². The van der Waals surface area contributed by atoms with Gasteiger partial charge in [0, 0.05) is 23.9 Å². The van der Waals surface area contributed by atoms with E-state index in [1.807, 2.05) is 68.4 Å². The highest BCUT2D eigenvalue weighted by Crippen LogP contribution is 2.20. The zero-order valence-corrected chi connectivity index (χ0v) is 24.0. The van der Waals surface area contributed by atoms with Crippen LogP contribution in [-0.4, -0.2) is 48.7 Å². The van der Waals surface area contributed by atoms with Crippen LogP contribution in [0.25, 0.3) is 10.4 Å². The first-order chi connectivity index (χ1) is 19.7. The van der Waals surface area contributed by atoms with Crippen LogP contribution in [0, 0.1) is 5.92 Å². The van der Waals surface area contributed by atoms with Crippen molar-refractivity contribution < 1.29 is 23.9 Å². The first-order valence-corrected chi connectivity index (χ1v) is 14.0. The van der Waals surface area contributed by atoms with Gasteiger partial charge >= 0.3 is 6.09 Å². The molecule has 0 saturated carbocycles. The van der Waals surface area contributed by atoms with Crippen LogP contribution in [-0.2, 0) is 27.4 Å². The van der Waals surface area contributed by atoms with Gasteiger partial charge < -0.3 is 25.4 Å². The van der Waals surface area contributed by atoms with Gasteiger partial charge in [0.2, 0.25) is 11.8 Å². The van der Waals surface area contributed by atoms with Crippen LogP contribution in [0.5, 0.6) is 5.75 Å². The van der Waals surface area contributed by atoms with E-state index < -0.39 is 29.6 Å². The topological polar surface area (TPSA) is 155 Å². The number of nitrogens with zero attached hydrogens (tertiary/aromatic N) is 3. The summed E-state index contributed by atoms with van der Waals surface area (Å²) >= 11 is 0. The van der Waals surface area contributed by atoms with Crippen molar-refractivity contribution in [1.82, 2.24) is 16.0 Å². The lowest BCUT2D eigenvalue weighted by Crippen LogP contribution is -2.62. The van der Waals surface area contributed by atoms with Crippen LogP contribution in [0.1, 0.15) is 57.6 Å². The molecule has 11 heteroatoms. The number of carbonyl (C=O) groups excluding carboxylic acids is 3. The molecule has 0 spiro atoms. The summed E-state index contributed by atoms with van der Waals surface area (Å²) in [5.74, 6) is -0.110. The fourth-order valence-corrected chi connectivity index (χ4v) is 4.63. The van der Waals surface area contributed by atoms with Crippen molar-refractivity contribution in [3.05, 3.63) is 76.2 Å². The molecule has 11 nitrogen and oxygen atoms in total. The first-order valence-electron chi connectivity index (χ1n) is 14.0. The zero-order valence-electron chi connectivity index (χ0n) is 24.0. The lowest BCUT2D eigenvalue weighted by atomic mass is 9.90. The van der Waals surface area contributed by atoms with Gasteiger partial charge in [0.05, 0.1) is 6.61 Å². The van der Waals surface area contributed by atoms with E-state index in [1.165, 1.54) is 0 Å². The zero-order chi connectivity index (χ0) is 29.7. The number of hydrogen-bond acceptors (Lipinski definition) is 6. The van der Waals surface area contributed by atoms with Crippen molar-refractivity contribution >= 4 is 17.9 Å². The molecule has 2 aromatic carbocycles. The second-order valence-electron chi connectivity index (χ2n) is 11.0. The Balaban J connectivity index is 1.87. The maximum Gasteiger partial charge on any atom is 0.408 e. The highest BCUT2D eigenvalue weighted by molar-refractivity contribution is 5.94. The minimum Gasteiger partial charge on any atom is -0.494 e. The van der Waals surface area contributed by atoms with Crippen LogP contribution in [0.15, 0.2) is 59.7 Å². The Labute approximate surface area is 241 Å². The van der Waals surface area contributed by atoms with Crippen LogP contribution in [0.2, 0.25) is 0 Å². The van der Waals surface area contributed by atoms with E-state index in [1.54, 1.807) is 6.92 Å². The molecule has 220 valence electrons. The summed E-state index contributed by atoms with van der Waals surface area (Å²) in [6, 6.07) is 15.3. The number of alkyl carbamates (subject to hydrolysis) is 1. The van der Waals surface area contributed by atoms with Crippen molar-refractivity contribution in [2.45, 2.75) is 77.1 Å². The Bertz CT molecular complexity index is 1200. The minimum absolute atomic E-state index is 0.0430. The van der Waals surface area contributed by atoms with E-state index in [2.05, 4.69) is 26.0 Å². The molecule has 2 aromatic rings. The van der Waals surface area contributed by atoms with Gasteiger partial charge in [0.25, 0.3) is 0 Å². The van der Waals surface area contributed by atoms with E-state index in [9.17, 15) is 14.4 Å². The number of rotatable bonds is 7. The monoisotopic (exact) mass is 564 g/mol. The van der Waals surface area contributed by atoms with Crippen molar-refractivity contribution in [1.29, 1.82) is 0 Å². The summed E-state index contributed by atoms with van der Waals surface area (Å²) in [6.45, 7) is 6.16. The first kappa shape index (κ1) is 31.3. The Morgan fingerprint density at radius 2 is 1.88 bits per heavy atom. The summed E-state index contributed by atoms with van der Waals surface area (Å²) in [6.07, 6.45) is 1.86. The molecule has 3 atom stereocenters. The Kier molecular flexibility index (Phi) is 11.8. The van der Waals surface area contributed by atoms with Gasteiger partial charge in [-0.05, 0) is 67.3 Å². The SMILES string of the molecule is CC(C)C[C@@H]1NC(=O)[C@@](C)(NC(=O)OCc2ccccc2)Cc2ccc(cc2)OCCCCC(CN=[N+]=[N-])NC1=O. The largest absolute Gasteiger partial charge is 0.494 e. The third kappa shape index (κ3) is 10.3. The molecule has 2 bridgehead atoms. The summed E-state index contributed by atoms with van der Waals surface area (Å²) < 4.78 is 11.3. The molecule has 0 aliphatic carbocycles. The van der Waals surface area contributed by atoms with Crippen LogP contribution in [0.4, 0.5) is 4.79 Å². The average Bonchev–Trinajstić information content (AvgIpc) is 2.94. The third-order valence-corrected chi connectivity index (χ3v) is 6.83. The summed E-state index contributed by atoms with van der Waals surface area (Å²) in [4.78, 5) is 43.0. The Morgan fingerprint density at radius 1 is 1.15 bits per heavy atom. The molecule has 0 aromatic heterocycles. The number of amides is 3. The van der Waals surface area contributed by atoms with Gasteiger partial charge in [-0.2, -0.15) is 0 Å². The molecule has 0 radical (unpaired) electrons. The minimum atomic E-state index is -1.44. The van der Waals surface area contributed by atoms with Crippen molar-refractivity contribution in [2.75, 3.05) is 13.2 Å². The van der Waals surface area contributed by atoms with Crippen LogP contribution >= 0.6 is 0 Å². The second-order valence-corrected chi connectivity index (χ2v) is 11.0. The van der Waals surface area contributed by atoms with Gasteiger partial charge in [-0.15, -0.1) is 0 Å². The molecule has 1 unspecified atom stereocenters. The molecule has 2 heterocycles. The summed E-state index contributed by atoms with van der Waals surface area (Å²) in [5.41, 5.74) is 8.99. The number of ether oxygens (including phenoxy) is 2. The van der Waals surface area contributed by atoms with Gasteiger partial charge in [-0.3, -0.25) is 9.59 Å². The molecular formula is C30H40N6O5. The smallest absolute Gasteiger partial charge is 0.408 e. The highest BCUT2D eigenvalue weighted by Gasteiger charge is 2.38. The predicted octanol–water partition coefficient (Wildman–Crippen LogP) is 4.80. The molecule has 0 saturated heterocycles. The number of fused-ring (bicyclic) bond motifs is 14. The van der Waals surface area contributed by atoms with Crippen LogP contribution in [0.3, 0.4) is 0 Å². The molecule has 0 fully saturated rings. The normalized spacial score (nSPS) is 22.0. The van der Waals surface area contributed by atoms with Gasteiger partial charge in [0.15, 0.2) is 0 Å². The summed E-state index contributed by atoms with van der Waals surface area (Å²) in [7, 11) is 0. The summed E-state index contributed by atoms with van der Waals surface area (Å²) in [5, 5.41) is 12.2. The molecule has 2 aliphatic heterocycles. The van der Waals surface area contributed by atoms with E-state index in [4.69, 9.17) is 15.0 Å². The Hall–Kier alpha value is -4.24. The third-order valence-electron chi connectivity index (χ3n) is 6.83. The second kappa shape index (κ2) is 15.5. The lowest BCUT2D eigenvalue weighted by Gasteiger charge is -2.32. The number of benzene rings is 2. The number of hydrogen-bond donors (Lipinski definition) is 3. The standard InChI is InChI=1S/C30H40N6O5/c1-21(2)17-26-27(37)33-24(19-32-36-31)11-7-8-16-40-25-14-12-22(13-15-25)18-30(3,28(38)34-26)35-29(39)41-20-23-9-5-4-6-10-23/h4-6,9-10,12-15,21,24,26H,7-8,11,16-20H2,1-3H3,(H,33,37)(H,34,38)(H,35,39)/t24?,26-,30-/m0/s1. The lowest BCUT2D eigenvalue weighted by molar-refractivity contribution is -0.133. The molecule has 3 amide bonds. The number of carbonyl (C=O) groups is 3. The molecule has 2 aliphatic rings. The molecular weight excluding hydrogens is 524 g/mol. The fourth-order valence-electron chi connectivity index (χ4n) is 4.63. The van der Waals surface area contributed by atoms with Crippen molar-refractivity contribution in [2.24, 2.45) is 11.0 Å². The number of azide groups is 1. The van der Waals surface area contributed by atoms with E-state index >= 15 is 0 Å². The van der Waals surface area contributed by atoms with E-state index in [0.29, 0.717) is 25.2 Å². The van der Waals surface area contributed by atoms with Crippen molar-refractivity contribution in [3.63, 3.8) is 0 Å². The van der Waals surface area contributed by atoms with E-state index in [-0.39, 0.29) is 31.4 Å². The van der Waals surface area contributed by atoms with Gasteiger partial charge in [-0.1, -0.05) is 61.4 Å². The Morgan fingerprint density at radius 3 is 2.56 bits per heavy atom. The van der Waals surface area contributed by atoms with Gasteiger partial charge in [-0.25, -0.2) is 4.79 Å². The highest BCUT2D eigenvalue weighted by atomic mass is 16.5. The average molecular weight is 565 g/mol.